The topological polar surface area (TPSA) is 56.1 Å². The number of hydrogen-bond acceptors (Lipinski definition) is 3. The molecule has 2 aromatic carbocycles. The van der Waals surface area contributed by atoms with Gasteiger partial charge in [-0.1, -0.05) is 36.3 Å². The predicted octanol–water partition coefficient (Wildman–Crippen LogP) is 7.58. The van der Waals surface area contributed by atoms with Crippen LogP contribution in [0.3, 0.4) is 0 Å². The third kappa shape index (κ3) is 4.77. The Labute approximate surface area is 212 Å². The van der Waals surface area contributed by atoms with Crippen LogP contribution in [-0.2, 0) is 4.74 Å². The zero-order valence-electron chi connectivity index (χ0n) is 20.0. The first kappa shape index (κ1) is 24.4. The number of ether oxygens (including phenoxy) is 1. The van der Waals surface area contributed by atoms with E-state index >= 15 is 0 Å². The quantitative estimate of drug-likeness (QED) is 0.286. The van der Waals surface area contributed by atoms with Crippen LogP contribution in [-0.4, -0.2) is 27.9 Å². The molecule has 8 heteroatoms. The second kappa shape index (κ2) is 9.66. The SMILES string of the molecule is C#Cc1c(-c2ccc(NC(=O)O[C@H](C)C(F)(F)F)cc2)n(C2CCC2)c2cc(-c3ccccn3)ccc12. The van der Waals surface area contributed by atoms with Crippen LogP contribution in [0.25, 0.3) is 33.4 Å². The van der Waals surface area contributed by atoms with Gasteiger partial charge in [-0.25, -0.2) is 4.79 Å². The Morgan fingerprint density at radius 2 is 1.86 bits per heavy atom. The Hall–Kier alpha value is -4.25. The smallest absolute Gasteiger partial charge is 0.425 e. The Morgan fingerprint density at radius 1 is 1.14 bits per heavy atom. The number of nitrogens with one attached hydrogen (secondary N) is 1. The van der Waals surface area contributed by atoms with Crippen LogP contribution in [0.4, 0.5) is 23.7 Å². The molecular formula is C29H24F3N3O2. The number of fused-ring (bicyclic) bond motifs is 1. The van der Waals surface area contributed by atoms with E-state index in [1.54, 1.807) is 30.5 Å². The summed E-state index contributed by atoms with van der Waals surface area (Å²) in [5.74, 6) is 2.87. The van der Waals surface area contributed by atoms with Crippen LogP contribution in [0.15, 0.2) is 66.9 Å². The van der Waals surface area contributed by atoms with Crippen LogP contribution < -0.4 is 5.32 Å². The number of rotatable bonds is 5. The normalized spacial score (nSPS) is 14.6. The summed E-state index contributed by atoms with van der Waals surface area (Å²) in [7, 11) is 0. The van der Waals surface area contributed by atoms with Crippen molar-refractivity contribution in [2.45, 2.75) is 44.5 Å². The molecule has 1 atom stereocenters. The molecule has 188 valence electrons. The van der Waals surface area contributed by atoms with Crippen molar-refractivity contribution in [3.8, 4) is 34.9 Å². The number of alkyl halides is 3. The minimum atomic E-state index is -4.63. The molecule has 5 nitrogen and oxygen atoms in total. The van der Waals surface area contributed by atoms with Crippen LogP contribution in [0, 0.1) is 12.3 Å². The summed E-state index contributed by atoms with van der Waals surface area (Å²) in [6.45, 7) is 0.780. The molecule has 5 rings (SSSR count). The lowest BCUT2D eigenvalue weighted by molar-refractivity contribution is -0.196. The molecule has 1 fully saturated rings. The van der Waals surface area contributed by atoms with Crippen molar-refractivity contribution in [1.82, 2.24) is 9.55 Å². The number of pyridine rings is 1. The highest BCUT2D eigenvalue weighted by atomic mass is 19.4. The van der Waals surface area contributed by atoms with Crippen LogP contribution in [0.2, 0.25) is 0 Å². The third-order valence-electron chi connectivity index (χ3n) is 6.70. The molecule has 2 aromatic heterocycles. The number of aromatic nitrogens is 2. The van der Waals surface area contributed by atoms with Gasteiger partial charge >= 0.3 is 12.3 Å². The van der Waals surface area contributed by atoms with Gasteiger partial charge < -0.3 is 9.30 Å². The summed E-state index contributed by atoms with van der Waals surface area (Å²) in [6.07, 6.45) is 2.98. The molecule has 4 aromatic rings. The van der Waals surface area contributed by atoms with E-state index in [2.05, 4.69) is 31.6 Å². The molecule has 0 unspecified atom stereocenters. The molecular weight excluding hydrogens is 479 g/mol. The summed E-state index contributed by atoms with van der Waals surface area (Å²) in [6, 6.07) is 19.1. The number of carbonyl (C=O) groups is 1. The van der Waals surface area contributed by atoms with E-state index in [9.17, 15) is 18.0 Å². The summed E-state index contributed by atoms with van der Waals surface area (Å²) in [4.78, 5) is 16.4. The van der Waals surface area contributed by atoms with Gasteiger partial charge in [0.05, 0.1) is 22.5 Å². The number of amides is 1. The number of carbonyl (C=O) groups excluding carboxylic acids is 1. The van der Waals surface area contributed by atoms with E-state index in [0.29, 0.717) is 11.7 Å². The maximum absolute atomic E-state index is 12.7. The molecule has 1 N–H and O–H groups in total. The average molecular weight is 504 g/mol. The maximum atomic E-state index is 12.7. The molecule has 1 amide bonds. The minimum Gasteiger partial charge on any atom is -0.437 e. The van der Waals surface area contributed by atoms with E-state index < -0.39 is 18.4 Å². The number of hydrogen-bond donors (Lipinski definition) is 1. The highest BCUT2D eigenvalue weighted by molar-refractivity contribution is 5.97. The van der Waals surface area contributed by atoms with Crippen LogP contribution in [0.5, 0.6) is 0 Å². The number of benzene rings is 2. The molecule has 0 radical (unpaired) electrons. The summed E-state index contributed by atoms with van der Waals surface area (Å²) >= 11 is 0. The standard InChI is InChI=1S/C29H24F3N3O2/c1-3-23-24-15-12-20(25-9-4-5-16-33-25)17-26(24)35(22-7-6-8-22)27(23)19-10-13-21(14-11-19)34-28(36)37-18(2)29(30,31)32/h1,4-5,9-18,22H,6-8H2,2H3,(H,34,36)/t18-/m1/s1. The second-order valence-corrected chi connectivity index (χ2v) is 9.06. The van der Waals surface area contributed by atoms with Crippen molar-refractivity contribution in [3.63, 3.8) is 0 Å². The van der Waals surface area contributed by atoms with Crippen LogP contribution >= 0.6 is 0 Å². The Bertz CT molecular complexity index is 1480. The molecule has 1 aliphatic rings. The maximum Gasteiger partial charge on any atom is 0.425 e. The largest absolute Gasteiger partial charge is 0.437 e. The Morgan fingerprint density at radius 3 is 2.46 bits per heavy atom. The second-order valence-electron chi connectivity index (χ2n) is 9.06. The molecule has 0 bridgehead atoms. The van der Waals surface area contributed by atoms with Crippen molar-refractivity contribution in [2.24, 2.45) is 0 Å². The summed E-state index contributed by atoms with van der Waals surface area (Å²) in [5, 5.41) is 3.32. The first-order valence-electron chi connectivity index (χ1n) is 12.0. The van der Waals surface area contributed by atoms with E-state index in [-0.39, 0.29) is 0 Å². The van der Waals surface area contributed by atoms with Gasteiger partial charge in [-0.3, -0.25) is 10.3 Å². The first-order chi connectivity index (χ1) is 17.8. The molecule has 37 heavy (non-hydrogen) atoms. The van der Waals surface area contributed by atoms with Gasteiger partial charge in [0.2, 0.25) is 0 Å². The fraction of sp³-hybridized carbons (Fsp3) is 0.241. The summed E-state index contributed by atoms with van der Waals surface area (Å²) in [5.41, 5.74) is 5.73. The van der Waals surface area contributed by atoms with Gasteiger partial charge in [0.25, 0.3) is 0 Å². The monoisotopic (exact) mass is 503 g/mol. The van der Waals surface area contributed by atoms with Gasteiger partial charge in [-0.2, -0.15) is 13.2 Å². The molecule has 1 saturated carbocycles. The zero-order chi connectivity index (χ0) is 26.2. The van der Waals surface area contributed by atoms with Crippen molar-refractivity contribution in [3.05, 3.63) is 72.4 Å². The van der Waals surface area contributed by atoms with Gasteiger partial charge in [-0.05, 0) is 62.1 Å². The highest BCUT2D eigenvalue weighted by Crippen LogP contribution is 2.43. The van der Waals surface area contributed by atoms with E-state index in [0.717, 1.165) is 65.2 Å². The Balaban J connectivity index is 1.52. The van der Waals surface area contributed by atoms with Crippen molar-refractivity contribution >= 4 is 22.7 Å². The molecule has 0 saturated heterocycles. The third-order valence-corrected chi connectivity index (χ3v) is 6.70. The van der Waals surface area contributed by atoms with Crippen molar-refractivity contribution in [2.75, 3.05) is 5.32 Å². The van der Waals surface area contributed by atoms with E-state index in [4.69, 9.17) is 6.42 Å². The van der Waals surface area contributed by atoms with E-state index in [1.807, 2.05) is 30.3 Å². The minimum absolute atomic E-state index is 0.301. The van der Waals surface area contributed by atoms with Gasteiger partial charge in [0.15, 0.2) is 6.10 Å². The van der Waals surface area contributed by atoms with Crippen molar-refractivity contribution < 1.29 is 22.7 Å². The van der Waals surface area contributed by atoms with Gasteiger partial charge in [0.1, 0.15) is 0 Å². The number of anilines is 1. The van der Waals surface area contributed by atoms with Gasteiger partial charge in [-0.15, -0.1) is 6.42 Å². The lowest BCUT2D eigenvalue weighted by atomic mass is 9.92. The predicted molar refractivity (Wildman–Crippen MR) is 137 cm³/mol. The number of nitrogens with zero attached hydrogens (tertiary/aromatic N) is 2. The number of terminal acetylenes is 1. The fourth-order valence-corrected chi connectivity index (χ4v) is 4.54. The van der Waals surface area contributed by atoms with Crippen LogP contribution in [0.1, 0.15) is 37.8 Å². The molecule has 1 aliphatic carbocycles. The lowest BCUT2D eigenvalue weighted by Crippen LogP contribution is -2.32. The highest BCUT2D eigenvalue weighted by Gasteiger charge is 2.39. The summed E-state index contributed by atoms with van der Waals surface area (Å²) < 4.78 is 44.8. The average Bonchev–Trinajstić information content (AvgIpc) is 3.16. The molecule has 0 aliphatic heterocycles. The zero-order valence-corrected chi connectivity index (χ0v) is 20.0. The number of halogens is 3. The first-order valence-corrected chi connectivity index (χ1v) is 12.0. The van der Waals surface area contributed by atoms with Crippen molar-refractivity contribution in [1.29, 1.82) is 0 Å². The molecule has 2 heterocycles. The fourth-order valence-electron chi connectivity index (χ4n) is 4.54. The van der Waals surface area contributed by atoms with E-state index in [1.165, 1.54) is 0 Å². The lowest BCUT2D eigenvalue weighted by Gasteiger charge is -2.30. The van der Waals surface area contributed by atoms with Gasteiger partial charge in [0, 0.05) is 28.9 Å². The Kier molecular flexibility index (Phi) is 6.38. The molecule has 0 spiro atoms.